The van der Waals surface area contributed by atoms with Crippen LogP contribution in [0.1, 0.15) is 86.3 Å². The number of hydrogen-bond acceptors (Lipinski definition) is 2. The van der Waals surface area contributed by atoms with Crippen molar-refractivity contribution in [1.82, 2.24) is 4.90 Å². The lowest BCUT2D eigenvalue weighted by molar-refractivity contribution is -0.0122. The molecular weight excluding hydrogens is 322 g/mol. The number of hydrogen-bond donors (Lipinski definition) is 0. The Kier molecular flexibility index (Phi) is 8.66. The van der Waals surface area contributed by atoms with Gasteiger partial charge in [-0.3, -0.25) is 0 Å². The fourth-order valence-corrected chi connectivity index (χ4v) is 3.68. The summed E-state index contributed by atoms with van der Waals surface area (Å²) in [5, 5.41) is 0. The number of ether oxygens (including phenoxy) is 1. The number of nitrogens with zero attached hydrogens (tertiary/aromatic N) is 1. The van der Waals surface area contributed by atoms with Crippen LogP contribution in [0.3, 0.4) is 0 Å². The van der Waals surface area contributed by atoms with Gasteiger partial charge in [0.25, 0.3) is 0 Å². The van der Waals surface area contributed by atoms with Gasteiger partial charge in [0.1, 0.15) is 6.10 Å². The van der Waals surface area contributed by atoms with Gasteiger partial charge in [0.05, 0.1) is 0 Å². The Morgan fingerprint density at radius 2 is 1.58 bits per heavy atom. The van der Waals surface area contributed by atoms with E-state index >= 15 is 0 Å². The maximum Gasteiger partial charge on any atom is 0.410 e. The van der Waals surface area contributed by atoms with Crippen molar-refractivity contribution in [2.45, 2.75) is 92.8 Å². The third-order valence-electron chi connectivity index (χ3n) is 5.03. The molecule has 0 spiro atoms. The van der Waals surface area contributed by atoms with Crippen molar-refractivity contribution in [2.75, 3.05) is 0 Å². The molecule has 26 heavy (non-hydrogen) atoms. The molecule has 0 aliphatic rings. The van der Waals surface area contributed by atoms with E-state index in [0.717, 1.165) is 24.8 Å². The van der Waals surface area contributed by atoms with Crippen LogP contribution >= 0.6 is 0 Å². The lowest BCUT2D eigenvalue weighted by atomic mass is 9.73. The minimum absolute atomic E-state index is 0.0520. The van der Waals surface area contributed by atoms with E-state index in [2.05, 4.69) is 39.8 Å². The Labute approximate surface area is 161 Å². The van der Waals surface area contributed by atoms with Crippen LogP contribution in [0.2, 0.25) is 0 Å². The summed E-state index contributed by atoms with van der Waals surface area (Å²) in [4.78, 5) is 14.8. The fourth-order valence-electron chi connectivity index (χ4n) is 3.68. The summed E-state index contributed by atoms with van der Waals surface area (Å²) in [5.41, 5.74) is 1.14. The van der Waals surface area contributed by atoms with Crippen LogP contribution in [0.5, 0.6) is 0 Å². The van der Waals surface area contributed by atoms with Crippen molar-refractivity contribution in [1.29, 1.82) is 0 Å². The van der Waals surface area contributed by atoms with E-state index in [1.165, 1.54) is 0 Å². The summed E-state index contributed by atoms with van der Waals surface area (Å²) in [6.07, 6.45) is 2.90. The molecular formula is C23H39NO2. The highest BCUT2D eigenvalue weighted by molar-refractivity contribution is 5.68. The van der Waals surface area contributed by atoms with Gasteiger partial charge in [-0.25, -0.2) is 4.79 Å². The van der Waals surface area contributed by atoms with Crippen LogP contribution < -0.4 is 0 Å². The van der Waals surface area contributed by atoms with Crippen LogP contribution in [-0.2, 0) is 4.74 Å². The Balaban J connectivity index is 3.22. The second kappa shape index (κ2) is 9.99. The molecule has 1 rings (SSSR count). The second-order valence-electron chi connectivity index (χ2n) is 8.92. The zero-order chi connectivity index (χ0) is 19.9. The summed E-state index contributed by atoms with van der Waals surface area (Å²) in [5.74, 6) is 0.273. The highest BCUT2D eigenvalue weighted by Crippen LogP contribution is 2.42. The maximum atomic E-state index is 13.0. The summed E-state index contributed by atoms with van der Waals surface area (Å²) >= 11 is 0. The largest absolute Gasteiger partial charge is 0.441 e. The molecule has 0 bridgehead atoms. The van der Waals surface area contributed by atoms with E-state index in [-0.39, 0.29) is 35.6 Å². The van der Waals surface area contributed by atoms with Crippen molar-refractivity contribution in [2.24, 2.45) is 11.3 Å². The molecule has 3 nitrogen and oxygen atoms in total. The van der Waals surface area contributed by atoms with Gasteiger partial charge in [0.15, 0.2) is 0 Å². The first-order valence-electron chi connectivity index (χ1n) is 10.1. The van der Waals surface area contributed by atoms with E-state index in [0.29, 0.717) is 0 Å². The highest BCUT2D eigenvalue weighted by Gasteiger charge is 2.36. The van der Waals surface area contributed by atoms with Gasteiger partial charge in [-0.2, -0.15) is 0 Å². The Morgan fingerprint density at radius 1 is 1.04 bits per heavy atom. The van der Waals surface area contributed by atoms with Crippen molar-refractivity contribution < 1.29 is 9.53 Å². The van der Waals surface area contributed by atoms with Crippen molar-refractivity contribution in [3.8, 4) is 0 Å². The lowest BCUT2D eigenvalue weighted by Gasteiger charge is -2.39. The summed E-state index contributed by atoms with van der Waals surface area (Å²) in [7, 11) is 0. The number of carbonyl (C=O) groups excluding carboxylic acids is 1. The summed E-state index contributed by atoms with van der Waals surface area (Å²) in [6.45, 7) is 17.1. The zero-order valence-corrected chi connectivity index (χ0v) is 18.1. The topological polar surface area (TPSA) is 29.5 Å². The van der Waals surface area contributed by atoms with Crippen LogP contribution in [0, 0.1) is 11.3 Å². The molecule has 1 aromatic rings. The average molecular weight is 362 g/mol. The number of carbonyl (C=O) groups is 1. The van der Waals surface area contributed by atoms with Crippen molar-refractivity contribution >= 4 is 6.09 Å². The van der Waals surface area contributed by atoms with Gasteiger partial charge in [-0.05, 0) is 45.1 Å². The third kappa shape index (κ3) is 6.34. The first-order chi connectivity index (χ1) is 12.1. The van der Waals surface area contributed by atoms with Gasteiger partial charge < -0.3 is 9.64 Å². The zero-order valence-electron chi connectivity index (χ0n) is 18.1. The maximum absolute atomic E-state index is 13.0. The monoisotopic (exact) mass is 361 g/mol. The smallest absolute Gasteiger partial charge is 0.410 e. The predicted molar refractivity (Wildman–Crippen MR) is 110 cm³/mol. The minimum atomic E-state index is -0.227. The predicted octanol–water partition coefficient (Wildman–Crippen LogP) is 6.84. The van der Waals surface area contributed by atoms with Gasteiger partial charge in [-0.15, -0.1) is 0 Å². The van der Waals surface area contributed by atoms with Crippen LogP contribution in [0.25, 0.3) is 0 Å². The quantitative estimate of drug-likeness (QED) is 0.507. The van der Waals surface area contributed by atoms with Crippen LogP contribution in [0.4, 0.5) is 4.79 Å². The van der Waals surface area contributed by atoms with E-state index in [9.17, 15) is 4.79 Å². The SMILES string of the molecule is CCCC[C@@H]([C@H](OC(=O)N(C(C)C)C(C)C)c1ccccc1)C(C)(C)C. The Hall–Kier alpha value is -1.51. The number of unbranched alkanes of at least 4 members (excludes halogenated alkanes) is 1. The molecule has 0 N–H and O–H groups in total. The van der Waals surface area contributed by atoms with Crippen molar-refractivity contribution in [3.63, 3.8) is 0 Å². The molecule has 2 atom stereocenters. The molecule has 3 heteroatoms. The van der Waals surface area contributed by atoms with E-state index in [1.807, 2.05) is 50.8 Å². The average Bonchev–Trinajstić information content (AvgIpc) is 2.53. The standard InChI is InChI=1S/C23H39NO2/c1-9-10-16-20(23(6,7)8)21(19-14-12-11-13-15-19)26-22(25)24(17(2)3)18(4)5/h11-15,17-18,20-21H,9-10,16H2,1-8H3/t20-,21+/m0/s1. The normalized spacial score (nSPS) is 14.4. The molecule has 0 aliphatic carbocycles. The summed E-state index contributed by atoms with van der Waals surface area (Å²) < 4.78 is 6.19. The molecule has 148 valence electrons. The summed E-state index contributed by atoms with van der Waals surface area (Å²) in [6, 6.07) is 10.5. The molecule has 0 saturated carbocycles. The van der Waals surface area contributed by atoms with Gasteiger partial charge in [0.2, 0.25) is 0 Å². The van der Waals surface area contributed by atoms with Crippen molar-refractivity contribution in [3.05, 3.63) is 35.9 Å². The number of amides is 1. The molecule has 0 radical (unpaired) electrons. The number of benzene rings is 1. The van der Waals surface area contributed by atoms with E-state index in [4.69, 9.17) is 4.74 Å². The van der Waals surface area contributed by atoms with E-state index < -0.39 is 0 Å². The third-order valence-corrected chi connectivity index (χ3v) is 5.03. The fraction of sp³-hybridized carbons (Fsp3) is 0.696. The number of rotatable bonds is 8. The molecule has 0 unspecified atom stereocenters. The van der Waals surface area contributed by atoms with Gasteiger partial charge in [-0.1, -0.05) is 70.9 Å². The van der Waals surface area contributed by atoms with Gasteiger partial charge >= 0.3 is 6.09 Å². The lowest BCUT2D eigenvalue weighted by Crippen LogP contribution is -2.44. The first kappa shape index (κ1) is 22.5. The molecule has 0 aliphatic heterocycles. The molecule has 0 saturated heterocycles. The first-order valence-corrected chi connectivity index (χ1v) is 10.1. The van der Waals surface area contributed by atoms with E-state index in [1.54, 1.807) is 0 Å². The minimum Gasteiger partial charge on any atom is -0.441 e. The van der Waals surface area contributed by atoms with Crippen LogP contribution in [0.15, 0.2) is 30.3 Å². The Morgan fingerprint density at radius 3 is 2.00 bits per heavy atom. The molecule has 1 aromatic carbocycles. The molecule has 0 heterocycles. The Bertz CT molecular complexity index is 523. The highest BCUT2D eigenvalue weighted by atomic mass is 16.6. The molecule has 0 fully saturated rings. The molecule has 1 amide bonds. The van der Waals surface area contributed by atoms with Crippen LogP contribution in [-0.4, -0.2) is 23.1 Å². The molecule has 0 aromatic heterocycles. The second-order valence-corrected chi connectivity index (χ2v) is 8.92. The van der Waals surface area contributed by atoms with Gasteiger partial charge in [0, 0.05) is 18.0 Å².